The summed E-state index contributed by atoms with van der Waals surface area (Å²) in [6.45, 7) is 0.781. The van der Waals surface area contributed by atoms with Gasteiger partial charge in [0.1, 0.15) is 5.60 Å². The molecule has 0 rings (SSSR count). The van der Waals surface area contributed by atoms with E-state index in [9.17, 15) is 39.5 Å². The zero-order valence-corrected chi connectivity index (χ0v) is 9.06. The Bertz CT molecular complexity index is 304. The van der Waals surface area contributed by atoms with Crippen LogP contribution in [-0.2, 0) is 0 Å². The summed E-state index contributed by atoms with van der Waals surface area (Å²) in [5.41, 5.74) is -3.72. The fourth-order valence-corrected chi connectivity index (χ4v) is 0.935. The van der Waals surface area contributed by atoms with E-state index in [-0.39, 0.29) is 6.92 Å². The molecule has 1 N–H and O–H groups in total. The van der Waals surface area contributed by atoms with Crippen molar-refractivity contribution in [2.75, 3.05) is 0 Å². The molecule has 0 aromatic heterocycles. The molecule has 0 bridgehead atoms. The van der Waals surface area contributed by atoms with Crippen LogP contribution in [0, 0.1) is 0 Å². The summed E-state index contributed by atoms with van der Waals surface area (Å²) in [6.07, 6.45) is -8.02. The molecule has 1 unspecified atom stereocenters. The molecule has 0 saturated heterocycles. The lowest BCUT2D eigenvalue weighted by molar-refractivity contribution is -0.415. The summed E-state index contributed by atoms with van der Waals surface area (Å²) in [4.78, 5) is 0. The maximum Gasteiger partial charge on any atom is 0.460 e. The predicted octanol–water partition coefficient (Wildman–Crippen LogP) is 3.62. The normalized spacial score (nSPS) is 18.7. The number of rotatable bonds is 4. The number of halogens is 9. The first-order valence-corrected chi connectivity index (χ1v) is 4.49. The topological polar surface area (TPSA) is 20.2 Å². The van der Waals surface area contributed by atoms with Crippen molar-refractivity contribution in [1.82, 2.24) is 0 Å². The van der Waals surface area contributed by atoms with E-state index in [2.05, 4.69) is 0 Å². The first-order chi connectivity index (χ1) is 7.56. The van der Waals surface area contributed by atoms with Gasteiger partial charge in [-0.05, 0) is 13.3 Å². The van der Waals surface area contributed by atoms with Crippen molar-refractivity contribution in [1.29, 1.82) is 0 Å². The number of alkyl halides is 9. The van der Waals surface area contributed by atoms with Crippen LogP contribution in [0.5, 0.6) is 0 Å². The number of hydrogen-bond acceptors (Lipinski definition) is 1. The van der Waals surface area contributed by atoms with E-state index in [1.54, 1.807) is 0 Å². The average Bonchev–Trinajstić information content (AvgIpc) is 2.15. The van der Waals surface area contributed by atoms with Gasteiger partial charge >= 0.3 is 23.9 Å². The largest absolute Gasteiger partial charge is 0.460 e. The number of hydrogen-bond donors (Lipinski definition) is 1. The molecular formula is C8H9F9O. The summed E-state index contributed by atoms with van der Waals surface area (Å²) in [5, 5.41) is 8.88. The zero-order chi connectivity index (χ0) is 15.2. The van der Waals surface area contributed by atoms with Crippen molar-refractivity contribution in [2.24, 2.45) is 0 Å². The van der Waals surface area contributed by atoms with Gasteiger partial charge in [-0.3, -0.25) is 0 Å². The van der Waals surface area contributed by atoms with Crippen LogP contribution in [0.4, 0.5) is 39.5 Å². The van der Waals surface area contributed by atoms with E-state index >= 15 is 0 Å². The van der Waals surface area contributed by atoms with Gasteiger partial charge in [0.05, 0.1) is 0 Å². The Balaban J connectivity index is 5.80. The monoisotopic (exact) mass is 292 g/mol. The minimum absolute atomic E-state index is 0.0490. The van der Waals surface area contributed by atoms with E-state index in [0.717, 1.165) is 6.92 Å². The second-order valence-electron chi connectivity index (χ2n) is 3.85. The first kappa shape index (κ1) is 17.3. The van der Waals surface area contributed by atoms with Crippen LogP contribution in [0.2, 0.25) is 0 Å². The lowest BCUT2D eigenvalue weighted by atomic mass is 9.87. The summed E-state index contributed by atoms with van der Waals surface area (Å²) in [5.74, 6) is -19.7. The van der Waals surface area contributed by atoms with Crippen LogP contribution < -0.4 is 0 Å². The molecule has 10 heteroatoms. The van der Waals surface area contributed by atoms with Crippen LogP contribution in [0.3, 0.4) is 0 Å². The molecule has 0 spiro atoms. The average molecular weight is 292 g/mol. The van der Waals surface area contributed by atoms with Gasteiger partial charge < -0.3 is 5.11 Å². The molecule has 0 saturated carbocycles. The van der Waals surface area contributed by atoms with Gasteiger partial charge in [-0.1, -0.05) is 6.92 Å². The highest BCUT2D eigenvalue weighted by Gasteiger charge is 2.84. The predicted molar refractivity (Wildman–Crippen MR) is 41.8 cm³/mol. The fraction of sp³-hybridized carbons (Fsp3) is 1.00. The van der Waals surface area contributed by atoms with E-state index in [1.807, 2.05) is 0 Å². The van der Waals surface area contributed by atoms with Crippen LogP contribution in [-0.4, -0.2) is 34.7 Å². The maximum absolute atomic E-state index is 13.0. The molecule has 0 radical (unpaired) electrons. The molecular weight excluding hydrogens is 283 g/mol. The van der Waals surface area contributed by atoms with Crippen LogP contribution in [0.15, 0.2) is 0 Å². The Morgan fingerprint density at radius 3 is 1.28 bits per heavy atom. The van der Waals surface area contributed by atoms with Crippen LogP contribution >= 0.6 is 0 Å². The summed E-state index contributed by atoms with van der Waals surface area (Å²) in [6, 6.07) is 0. The SMILES string of the molecule is CCC(C)(O)C(F)(F)C(F)(F)C(F)(F)C(F)(F)F. The molecule has 0 aliphatic heterocycles. The molecule has 1 nitrogen and oxygen atoms in total. The van der Waals surface area contributed by atoms with Crippen molar-refractivity contribution in [2.45, 2.75) is 49.8 Å². The molecule has 1 atom stereocenters. The minimum atomic E-state index is -6.97. The van der Waals surface area contributed by atoms with Gasteiger partial charge in [-0.15, -0.1) is 0 Å². The molecule has 0 aliphatic carbocycles. The third kappa shape index (κ3) is 2.14. The van der Waals surface area contributed by atoms with Crippen molar-refractivity contribution in [3.8, 4) is 0 Å². The van der Waals surface area contributed by atoms with E-state index < -0.39 is 36.0 Å². The Morgan fingerprint density at radius 1 is 0.722 bits per heavy atom. The van der Waals surface area contributed by atoms with Crippen molar-refractivity contribution in [3.05, 3.63) is 0 Å². The van der Waals surface area contributed by atoms with Gasteiger partial charge in [-0.2, -0.15) is 39.5 Å². The molecule has 110 valence electrons. The van der Waals surface area contributed by atoms with Gasteiger partial charge in [-0.25, -0.2) is 0 Å². The third-order valence-electron chi connectivity index (χ3n) is 2.51. The van der Waals surface area contributed by atoms with Gasteiger partial charge in [0, 0.05) is 0 Å². The van der Waals surface area contributed by atoms with Crippen molar-refractivity contribution in [3.63, 3.8) is 0 Å². The van der Waals surface area contributed by atoms with Gasteiger partial charge in [0.25, 0.3) is 0 Å². The second-order valence-corrected chi connectivity index (χ2v) is 3.85. The Kier molecular flexibility index (Phi) is 4.02. The second kappa shape index (κ2) is 4.17. The summed E-state index contributed by atoms with van der Waals surface area (Å²) in [7, 11) is 0. The summed E-state index contributed by atoms with van der Waals surface area (Å²) < 4.78 is 112. The summed E-state index contributed by atoms with van der Waals surface area (Å²) >= 11 is 0. The van der Waals surface area contributed by atoms with E-state index in [1.165, 1.54) is 0 Å². The lowest BCUT2D eigenvalue weighted by Gasteiger charge is -2.40. The third-order valence-corrected chi connectivity index (χ3v) is 2.51. The Morgan fingerprint density at radius 2 is 1.06 bits per heavy atom. The molecule has 18 heavy (non-hydrogen) atoms. The molecule has 0 amide bonds. The van der Waals surface area contributed by atoms with Crippen LogP contribution in [0.1, 0.15) is 20.3 Å². The van der Waals surface area contributed by atoms with Gasteiger partial charge in [0.2, 0.25) is 0 Å². The van der Waals surface area contributed by atoms with E-state index in [0.29, 0.717) is 0 Å². The molecule has 0 aromatic carbocycles. The van der Waals surface area contributed by atoms with Crippen molar-refractivity contribution < 1.29 is 44.6 Å². The van der Waals surface area contributed by atoms with Crippen molar-refractivity contribution >= 4 is 0 Å². The quantitative estimate of drug-likeness (QED) is 0.785. The minimum Gasteiger partial charge on any atom is -0.384 e. The zero-order valence-electron chi connectivity index (χ0n) is 9.06. The smallest absolute Gasteiger partial charge is 0.384 e. The van der Waals surface area contributed by atoms with Crippen LogP contribution in [0.25, 0.3) is 0 Å². The highest BCUT2D eigenvalue weighted by Crippen LogP contribution is 2.56. The highest BCUT2D eigenvalue weighted by molar-refractivity contribution is 5.07. The fourth-order valence-electron chi connectivity index (χ4n) is 0.935. The molecule has 0 aliphatic rings. The lowest BCUT2D eigenvalue weighted by Crippen LogP contribution is -2.67. The molecule has 0 aromatic rings. The molecule has 0 heterocycles. The maximum atomic E-state index is 13.0. The Labute approximate surface area is 95.6 Å². The number of aliphatic hydroxyl groups is 1. The molecule has 0 fully saturated rings. The standard InChI is InChI=1S/C8H9F9O/c1-3-4(2,18)5(9,10)6(11,12)7(13,14)8(15,16)17/h18H,3H2,1-2H3. The van der Waals surface area contributed by atoms with Gasteiger partial charge in [0.15, 0.2) is 0 Å². The Hall–Kier alpha value is -0.670. The van der Waals surface area contributed by atoms with E-state index in [4.69, 9.17) is 5.11 Å². The highest BCUT2D eigenvalue weighted by atomic mass is 19.4. The first-order valence-electron chi connectivity index (χ1n) is 4.49.